The zero-order valence-corrected chi connectivity index (χ0v) is 20.8. The number of carbonyl (C=O) groups excluding carboxylic acids is 1. The number of carbonyl (C=O) groups is 1. The first kappa shape index (κ1) is 24.7. The van der Waals surface area contributed by atoms with Crippen molar-refractivity contribution in [2.75, 3.05) is 26.6 Å². The van der Waals surface area contributed by atoms with Crippen LogP contribution in [0.25, 0.3) is 0 Å². The Hall–Kier alpha value is -4.39. The Morgan fingerprint density at radius 2 is 1.53 bits per heavy atom. The van der Waals surface area contributed by atoms with Crippen molar-refractivity contribution in [1.82, 2.24) is 9.47 Å². The average molecular weight is 486 g/mol. The van der Waals surface area contributed by atoms with Crippen LogP contribution in [0.5, 0.6) is 17.2 Å². The van der Waals surface area contributed by atoms with Crippen LogP contribution in [0.15, 0.2) is 91.1 Å². The lowest BCUT2D eigenvalue weighted by Gasteiger charge is -2.25. The molecule has 0 unspecified atom stereocenters. The number of nitrogens with zero attached hydrogens (tertiary/aromatic N) is 2. The van der Waals surface area contributed by atoms with E-state index < -0.39 is 0 Å². The molecule has 2 amide bonds. The van der Waals surface area contributed by atoms with Crippen LogP contribution < -0.4 is 19.5 Å². The van der Waals surface area contributed by atoms with Crippen molar-refractivity contribution in [3.63, 3.8) is 0 Å². The van der Waals surface area contributed by atoms with E-state index in [9.17, 15) is 4.79 Å². The lowest BCUT2D eigenvalue weighted by Crippen LogP contribution is -2.34. The van der Waals surface area contributed by atoms with Gasteiger partial charge >= 0.3 is 6.03 Å². The normalized spacial score (nSPS) is 10.5. The van der Waals surface area contributed by atoms with Crippen molar-refractivity contribution in [2.45, 2.75) is 19.6 Å². The Labute approximate surface area is 211 Å². The number of nitrogens with one attached hydrogen (secondary N) is 1. The first-order valence-electron chi connectivity index (χ1n) is 11.7. The fourth-order valence-electron chi connectivity index (χ4n) is 4.01. The number of aromatic nitrogens is 1. The summed E-state index contributed by atoms with van der Waals surface area (Å²) in [5.41, 5.74) is 3.76. The molecule has 0 atom stereocenters. The second-order valence-electron chi connectivity index (χ2n) is 8.32. The molecule has 0 aliphatic heterocycles. The summed E-state index contributed by atoms with van der Waals surface area (Å²) in [4.78, 5) is 15.3. The molecule has 0 aliphatic carbocycles. The maximum absolute atomic E-state index is 13.5. The van der Waals surface area contributed by atoms with Gasteiger partial charge in [0.15, 0.2) is 0 Å². The van der Waals surface area contributed by atoms with E-state index in [0.717, 1.165) is 22.6 Å². The summed E-state index contributed by atoms with van der Waals surface area (Å²) in [6.45, 7) is 1.55. The SMILES string of the molecule is COc1cccc(Cn2cccc2CN(Cc2ccccc2)C(=O)Nc2ccc(OC)cc2OC)c1. The van der Waals surface area contributed by atoms with Gasteiger partial charge in [-0.15, -0.1) is 0 Å². The molecule has 0 saturated heterocycles. The van der Waals surface area contributed by atoms with E-state index in [-0.39, 0.29) is 6.03 Å². The quantitative estimate of drug-likeness (QED) is 0.309. The van der Waals surface area contributed by atoms with Crippen molar-refractivity contribution in [3.8, 4) is 17.2 Å². The molecule has 0 fully saturated rings. The van der Waals surface area contributed by atoms with E-state index >= 15 is 0 Å². The number of rotatable bonds is 10. The number of anilines is 1. The van der Waals surface area contributed by atoms with Gasteiger partial charge in [-0.05, 0) is 47.5 Å². The number of hydrogen-bond donors (Lipinski definition) is 1. The zero-order valence-electron chi connectivity index (χ0n) is 20.8. The summed E-state index contributed by atoms with van der Waals surface area (Å²) in [7, 11) is 4.82. The van der Waals surface area contributed by atoms with Crippen molar-refractivity contribution in [2.24, 2.45) is 0 Å². The highest BCUT2D eigenvalue weighted by atomic mass is 16.5. The van der Waals surface area contributed by atoms with Crippen LogP contribution in [0.1, 0.15) is 16.8 Å². The molecular weight excluding hydrogens is 454 g/mol. The van der Waals surface area contributed by atoms with Crippen molar-refractivity contribution in [3.05, 3.63) is 108 Å². The van der Waals surface area contributed by atoms with Crippen molar-refractivity contribution < 1.29 is 19.0 Å². The highest BCUT2D eigenvalue weighted by molar-refractivity contribution is 5.91. The van der Waals surface area contributed by atoms with E-state index in [4.69, 9.17) is 14.2 Å². The van der Waals surface area contributed by atoms with Crippen LogP contribution in [0.4, 0.5) is 10.5 Å². The maximum atomic E-state index is 13.5. The fourth-order valence-corrected chi connectivity index (χ4v) is 4.01. The number of amides is 2. The predicted molar refractivity (Wildman–Crippen MR) is 141 cm³/mol. The van der Waals surface area contributed by atoms with Gasteiger partial charge in [0, 0.05) is 31.0 Å². The monoisotopic (exact) mass is 485 g/mol. The zero-order chi connectivity index (χ0) is 25.3. The molecule has 0 bridgehead atoms. The smallest absolute Gasteiger partial charge is 0.322 e. The van der Waals surface area contributed by atoms with E-state index in [0.29, 0.717) is 36.8 Å². The molecule has 3 aromatic carbocycles. The molecule has 0 aliphatic rings. The number of hydrogen-bond acceptors (Lipinski definition) is 4. The Kier molecular flexibility index (Phi) is 8.13. The number of methoxy groups -OCH3 is 3. The van der Waals surface area contributed by atoms with Crippen LogP contribution >= 0.6 is 0 Å². The molecule has 0 radical (unpaired) electrons. The molecule has 1 heterocycles. The van der Waals surface area contributed by atoms with E-state index in [1.54, 1.807) is 44.4 Å². The Morgan fingerprint density at radius 3 is 2.28 bits per heavy atom. The van der Waals surface area contributed by atoms with Gasteiger partial charge in [-0.3, -0.25) is 0 Å². The molecule has 36 heavy (non-hydrogen) atoms. The van der Waals surface area contributed by atoms with Crippen molar-refractivity contribution in [1.29, 1.82) is 0 Å². The molecule has 1 N–H and O–H groups in total. The first-order valence-corrected chi connectivity index (χ1v) is 11.7. The minimum absolute atomic E-state index is 0.226. The summed E-state index contributed by atoms with van der Waals surface area (Å²) in [5.74, 6) is 2.00. The summed E-state index contributed by atoms with van der Waals surface area (Å²) < 4.78 is 18.3. The standard InChI is InChI=1S/C29H31N3O4/c1-34-25-13-7-11-23(17-25)20-31-16-8-12-24(31)21-32(19-22-9-5-4-6-10-22)29(33)30-27-15-14-26(35-2)18-28(27)36-3/h4-18H,19-21H2,1-3H3,(H,30,33). The van der Waals surface area contributed by atoms with E-state index in [1.807, 2.05) is 66.9 Å². The first-order chi connectivity index (χ1) is 17.6. The van der Waals surface area contributed by atoms with Gasteiger partial charge in [-0.25, -0.2) is 4.79 Å². The lowest BCUT2D eigenvalue weighted by atomic mass is 10.2. The average Bonchev–Trinajstić information content (AvgIpc) is 3.35. The molecule has 7 heteroatoms. The van der Waals surface area contributed by atoms with Crippen LogP contribution in [0.2, 0.25) is 0 Å². The highest BCUT2D eigenvalue weighted by Gasteiger charge is 2.19. The summed E-state index contributed by atoms with van der Waals surface area (Å²) in [6.07, 6.45) is 2.03. The molecule has 7 nitrogen and oxygen atoms in total. The molecule has 4 aromatic rings. The number of ether oxygens (including phenoxy) is 3. The van der Waals surface area contributed by atoms with Gasteiger partial charge in [0.05, 0.1) is 33.6 Å². The third-order valence-electron chi connectivity index (χ3n) is 5.92. The lowest BCUT2D eigenvalue weighted by molar-refractivity contribution is 0.205. The van der Waals surface area contributed by atoms with Gasteiger partial charge in [0.25, 0.3) is 0 Å². The van der Waals surface area contributed by atoms with E-state index in [1.165, 1.54) is 0 Å². The summed E-state index contributed by atoms with van der Waals surface area (Å²) in [5, 5.41) is 3.01. The van der Waals surface area contributed by atoms with Gasteiger partial charge in [0.2, 0.25) is 0 Å². The summed E-state index contributed by atoms with van der Waals surface area (Å²) in [6, 6.07) is 27.1. The molecule has 1 aromatic heterocycles. The minimum atomic E-state index is -0.226. The fraction of sp³-hybridized carbons (Fsp3) is 0.207. The molecule has 0 saturated carbocycles. The Morgan fingerprint density at radius 1 is 0.778 bits per heavy atom. The van der Waals surface area contributed by atoms with E-state index in [2.05, 4.69) is 16.0 Å². The Balaban J connectivity index is 1.57. The maximum Gasteiger partial charge on any atom is 0.322 e. The highest BCUT2D eigenvalue weighted by Crippen LogP contribution is 2.29. The third-order valence-corrected chi connectivity index (χ3v) is 5.92. The van der Waals surface area contributed by atoms with Crippen LogP contribution in [0.3, 0.4) is 0 Å². The van der Waals surface area contributed by atoms with Crippen LogP contribution in [0, 0.1) is 0 Å². The predicted octanol–water partition coefficient (Wildman–Crippen LogP) is 5.80. The molecular formula is C29H31N3O4. The second kappa shape index (κ2) is 11.8. The van der Waals surface area contributed by atoms with Gasteiger partial charge in [-0.2, -0.15) is 0 Å². The second-order valence-corrected chi connectivity index (χ2v) is 8.32. The molecule has 186 valence electrons. The van der Waals surface area contributed by atoms with Crippen LogP contribution in [-0.2, 0) is 19.6 Å². The van der Waals surface area contributed by atoms with Gasteiger partial charge in [-0.1, -0.05) is 42.5 Å². The molecule has 4 rings (SSSR count). The number of benzene rings is 3. The minimum Gasteiger partial charge on any atom is -0.497 e. The largest absolute Gasteiger partial charge is 0.497 e. The Bertz CT molecular complexity index is 1290. The molecule has 0 spiro atoms. The summed E-state index contributed by atoms with van der Waals surface area (Å²) >= 11 is 0. The topological polar surface area (TPSA) is 65.0 Å². The number of urea groups is 1. The van der Waals surface area contributed by atoms with Crippen LogP contribution in [-0.4, -0.2) is 36.8 Å². The van der Waals surface area contributed by atoms with Gasteiger partial charge in [0.1, 0.15) is 17.2 Å². The van der Waals surface area contributed by atoms with Crippen molar-refractivity contribution >= 4 is 11.7 Å². The third kappa shape index (κ3) is 6.18. The van der Waals surface area contributed by atoms with Gasteiger partial charge < -0.3 is 29.0 Å².